The van der Waals surface area contributed by atoms with E-state index in [1.54, 1.807) is 7.11 Å². The van der Waals surface area contributed by atoms with Crippen LogP contribution in [0.4, 0.5) is 0 Å². The number of ether oxygens (including phenoxy) is 6. The van der Waals surface area contributed by atoms with Gasteiger partial charge in [0.2, 0.25) is 0 Å². The van der Waals surface area contributed by atoms with Crippen LogP contribution >= 0.6 is 0 Å². The summed E-state index contributed by atoms with van der Waals surface area (Å²) in [7, 11) is -0.989. The molecule has 0 aliphatic carbocycles. The minimum atomic E-state index is -2.66. The maximum Gasteiger partial charge on any atom is 0.261 e. The van der Waals surface area contributed by atoms with Gasteiger partial charge in [0, 0.05) is 25.2 Å². The Kier molecular flexibility index (Phi) is 9.94. The van der Waals surface area contributed by atoms with Crippen LogP contribution in [0.3, 0.4) is 0 Å². The smallest absolute Gasteiger partial charge is 0.261 e. The molecule has 0 amide bonds. The Morgan fingerprint density at radius 3 is 2.14 bits per heavy atom. The fourth-order valence-corrected chi connectivity index (χ4v) is 13.0. The Labute approximate surface area is 293 Å². The minimum absolute atomic E-state index is 0.0236. The summed E-state index contributed by atoms with van der Waals surface area (Å²) < 4.78 is 45.8. The number of benzene rings is 3. The third kappa shape index (κ3) is 6.94. The monoisotopic (exact) mass is 684 g/mol. The Morgan fingerprint density at radius 2 is 1.49 bits per heavy atom. The number of hydrogen-bond donors (Lipinski definition) is 0. The maximum atomic E-state index is 7.25. The summed E-state index contributed by atoms with van der Waals surface area (Å²) in [5.41, 5.74) is 1.10. The lowest BCUT2D eigenvalue weighted by molar-refractivity contribution is -0.359. The van der Waals surface area contributed by atoms with Gasteiger partial charge in [0.25, 0.3) is 8.32 Å². The van der Waals surface area contributed by atoms with Crippen molar-refractivity contribution in [2.24, 2.45) is 5.92 Å². The molecule has 49 heavy (non-hydrogen) atoms. The molecule has 0 aromatic heterocycles. The number of hydrogen-bond acceptors (Lipinski definition) is 7. The summed E-state index contributed by atoms with van der Waals surface area (Å²) >= 11 is 0. The first-order chi connectivity index (χ1) is 23.6. The van der Waals surface area contributed by atoms with E-state index < -0.39 is 19.9 Å². The van der Waals surface area contributed by atoms with Gasteiger partial charge in [-0.05, 0) is 52.0 Å². The Morgan fingerprint density at radius 1 is 0.796 bits per heavy atom. The molecule has 4 aliphatic rings. The summed E-state index contributed by atoms with van der Waals surface area (Å²) in [6.45, 7) is 10.7. The van der Waals surface area contributed by atoms with E-state index in [1.807, 2.05) is 24.3 Å². The van der Waals surface area contributed by atoms with Gasteiger partial charge in [-0.2, -0.15) is 0 Å². The van der Waals surface area contributed by atoms with Crippen molar-refractivity contribution in [1.82, 2.24) is 0 Å². The fraction of sp³-hybridized carbons (Fsp3) is 0.512. The van der Waals surface area contributed by atoms with Crippen molar-refractivity contribution in [3.8, 4) is 5.75 Å². The SMILES string of the molecule is COc1ccc(COC[C@@H]2CC=C[C@]3(CC[C@@]4(O[C@H]5C[C@H](CO[Si](c6ccccc6)(c6ccccc6)C(C)(C)C)O[C@H]5C[C@@H]4C)O3)O2)cc1. The lowest BCUT2D eigenvalue weighted by Crippen LogP contribution is -2.67. The van der Waals surface area contributed by atoms with Gasteiger partial charge in [0.05, 0.1) is 51.3 Å². The molecule has 7 atom stereocenters. The van der Waals surface area contributed by atoms with Crippen molar-refractivity contribution in [3.05, 3.63) is 103 Å². The van der Waals surface area contributed by atoms with E-state index in [1.165, 1.54) is 10.4 Å². The maximum absolute atomic E-state index is 7.25. The van der Waals surface area contributed by atoms with Gasteiger partial charge in [-0.1, -0.05) is 107 Å². The normalized spacial score (nSPS) is 31.3. The predicted molar refractivity (Wildman–Crippen MR) is 193 cm³/mol. The molecule has 262 valence electrons. The van der Waals surface area contributed by atoms with Crippen molar-refractivity contribution < 1.29 is 32.8 Å². The standard InChI is InChI=1S/C41H52O7Si/c1-30-25-37-38(26-34(45-37)29-44-49(39(2,3)4,35-14-8-6-9-15-35)36-16-10-7-11-17-36)47-41(30)24-23-40(48-41)22-12-13-33(46-40)28-43-27-31-18-20-32(42-5)21-19-31/h6-12,14-22,30,33-34,37-38H,13,23-29H2,1-5H3/t30-,33-,34+,37-,38-,40-,41+/m0/s1. The van der Waals surface area contributed by atoms with Gasteiger partial charge in [-0.15, -0.1) is 0 Å². The van der Waals surface area contributed by atoms with Gasteiger partial charge in [0.1, 0.15) is 5.75 Å². The first-order valence-corrected chi connectivity index (χ1v) is 19.9. The Balaban J connectivity index is 0.991. The molecule has 7 nitrogen and oxygen atoms in total. The molecule has 0 N–H and O–H groups in total. The van der Waals surface area contributed by atoms with Gasteiger partial charge in [0.15, 0.2) is 11.6 Å². The molecule has 8 heteroatoms. The summed E-state index contributed by atoms with van der Waals surface area (Å²) in [4.78, 5) is 0. The van der Waals surface area contributed by atoms with Crippen LogP contribution in [0.15, 0.2) is 97.1 Å². The van der Waals surface area contributed by atoms with Crippen LogP contribution in [0.2, 0.25) is 5.04 Å². The van der Waals surface area contributed by atoms with E-state index in [9.17, 15) is 0 Å². The number of methoxy groups -OCH3 is 1. The molecule has 3 fully saturated rings. The van der Waals surface area contributed by atoms with Gasteiger partial charge in [-0.3, -0.25) is 0 Å². The summed E-state index contributed by atoms with van der Waals surface area (Å²) in [5, 5.41) is 2.47. The van der Waals surface area contributed by atoms with E-state index in [-0.39, 0.29) is 35.4 Å². The highest BCUT2D eigenvalue weighted by atomic mass is 28.4. The molecule has 0 unspecified atom stereocenters. The second-order valence-electron chi connectivity index (χ2n) is 15.3. The van der Waals surface area contributed by atoms with Crippen molar-refractivity contribution in [3.63, 3.8) is 0 Å². The van der Waals surface area contributed by atoms with E-state index in [2.05, 4.69) is 101 Å². The summed E-state index contributed by atoms with van der Waals surface area (Å²) in [5.74, 6) is -0.492. The Bertz CT molecular complexity index is 1520. The van der Waals surface area contributed by atoms with Crippen LogP contribution in [-0.4, -0.2) is 64.6 Å². The van der Waals surface area contributed by atoms with Crippen LogP contribution in [-0.2, 0) is 34.7 Å². The van der Waals surface area contributed by atoms with E-state index in [0.29, 0.717) is 19.8 Å². The summed E-state index contributed by atoms with van der Waals surface area (Å²) in [6, 6.07) is 29.6. The molecule has 3 aromatic rings. The van der Waals surface area contributed by atoms with Crippen LogP contribution in [0.1, 0.15) is 65.4 Å². The lowest BCUT2D eigenvalue weighted by Gasteiger charge is -2.45. The largest absolute Gasteiger partial charge is 0.497 e. The van der Waals surface area contributed by atoms with E-state index >= 15 is 0 Å². The van der Waals surface area contributed by atoms with Crippen LogP contribution < -0.4 is 15.1 Å². The highest BCUT2D eigenvalue weighted by Gasteiger charge is 2.60. The molecule has 0 saturated carbocycles. The molecule has 4 aliphatic heterocycles. The summed E-state index contributed by atoms with van der Waals surface area (Å²) in [6.07, 6.45) is 8.11. The average Bonchev–Trinajstić information content (AvgIpc) is 3.66. The van der Waals surface area contributed by atoms with Gasteiger partial charge >= 0.3 is 0 Å². The second-order valence-corrected chi connectivity index (χ2v) is 19.6. The second kappa shape index (κ2) is 14.1. The zero-order chi connectivity index (χ0) is 34.1. The fourth-order valence-electron chi connectivity index (χ4n) is 8.39. The first-order valence-electron chi connectivity index (χ1n) is 18.0. The zero-order valence-corrected chi connectivity index (χ0v) is 30.6. The van der Waals surface area contributed by atoms with E-state index in [4.69, 9.17) is 32.8 Å². The number of fused-ring (bicyclic) bond motifs is 1. The molecule has 3 saturated heterocycles. The van der Waals surface area contributed by atoms with Crippen LogP contribution in [0.25, 0.3) is 0 Å². The molecule has 2 spiro atoms. The average molecular weight is 685 g/mol. The third-order valence-corrected chi connectivity index (χ3v) is 15.9. The van der Waals surface area contributed by atoms with Crippen molar-refractivity contribution >= 4 is 18.7 Å². The first kappa shape index (κ1) is 34.6. The molecule has 7 rings (SSSR count). The highest BCUT2D eigenvalue weighted by Crippen LogP contribution is 2.52. The van der Waals surface area contributed by atoms with Gasteiger partial charge < -0.3 is 32.8 Å². The van der Waals surface area contributed by atoms with Crippen molar-refractivity contribution in [2.75, 3.05) is 20.3 Å². The predicted octanol–water partition coefficient (Wildman–Crippen LogP) is 6.92. The van der Waals surface area contributed by atoms with Crippen molar-refractivity contribution in [1.29, 1.82) is 0 Å². The topological polar surface area (TPSA) is 64.6 Å². The molecule has 4 heterocycles. The minimum Gasteiger partial charge on any atom is -0.497 e. The van der Waals surface area contributed by atoms with Gasteiger partial charge in [-0.25, -0.2) is 0 Å². The zero-order valence-electron chi connectivity index (χ0n) is 29.6. The van der Waals surface area contributed by atoms with Crippen LogP contribution in [0.5, 0.6) is 5.75 Å². The lowest BCUT2D eigenvalue weighted by atomic mass is 9.86. The molecule has 3 aromatic carbocycles. The van der Waals surface area contributed by atoms with Crippen LogP contribution in [0, 0.1) is 5.92 Å². The Hall–Kier alpha value is -2.82. The molecule has 0 bridgehead atoms. The number of rotatable bonds is 10. The molecular weight excluding hydrogens is 633 g/mol. The quantitative estimate of drug-likeness (QED) is 0.170. The molecule has 0 radical (unpaired) electrons. The third-order valence-electron chi connectivity index (χ3n) is 10.9. The highest BCUT2D eigenvalue weighted by molar-refractivity contribution is 6.99. The molecular formula is C41H52O7Si. The van der Waals surface area contributed by atoms with Crippen molar-refractivity contribution in [2.45, 2.75) is 107 Å². The van der Waals surface area contributed by atoms with E-state index in [0.717, 1.165) is 43.4 Å².